The molecule has 3 heterocycles. The van der Waals surface area contributed by atoms with Gasteiger partial charge in [-0.25, -0.2) is 9.78 Å². The Kier molecular flexibility index (Phi) is 3.06. The van der Waals surface area contributed by atoms with E-state index in [1.165, 1.54) is 6.20 Å². The van der Waals surface area contributed by atoms with Crippen molar-refractivity contribution in [3.63, 3.8) is 0 Å². The molecule has 0 unspecified atom stereocenters. The molecule has 2 aromatic rings. The number of fused-ring (bicyclic) bond motifs is 1. The average Bonchev–Trinajstić information content (AvgIpc) is 2.80. The minimum atomic E-state index is -0.965. The van der Waals surface area contributed by atoms with E-state index < -0.39 is 5.97 Å². The van der Waals surface area contributed by atoms with Gasteiger partial charge in [-0.2, -0.15) is 5.10 Å². The van der Waals surface area contributed by atoms with Crippen molar-refractivity contribution in [2.75, 3.05) is 18.0 Å². The molecule has 0 aliphatic carbocycles. The Morgan fingerprint density at radius 2 is 2.10 bits per heavy atom. The highest BCUT2D eigenvalue weighted by atomic mass is 16.4. The number of aromatic carboxylic acids is 1. The second-order valence-corrected chi connectivity index (χ2v) is 5.16. The number of aromatic nitrogens is 3. The summed E-state index contributed by atoms with van der Waals surface area (Å²) >= 11 is 0. The van der Waals surface area contributed by atoms with Crippen LogP contribution in [0.1, 0.15) is 23.2 Å². The van der Waals surface area contributed by atoms with Gasteiger partial charge in [-0.05, 0) is 12.8 Å². The van der Waals surface area contributed by atoms with Crippen LogP contribution in [0.5, 0.6) is 0 Å². The number of hydrogen-bond acceptors (Lipinski definition) is 5. The number of nitrogens with two attached hydrogens (primary N) is 1. The molecule has 0 aromatic carbocycles. The summed E-state index contributed by atoms with van der Waals surface area (Å²) in [6, 6.07) is 0.200. The van der Waals surface area contributed by atoms with Crippen molar-refractivity contribution in [2.45, 2.75) is 18.9 Å². The number of piperidine rings is 1. The molecule has 1 aliphatic rings. The van der Waals surface area contributed by atoms with E-state index in [-0.39, 0.29) is 11.6 Å². The lowest BCUT2D eigenvalue weighted by Gasteiger charge is -2.33. The molecule has 1 fully saturated rings. The molecule has 3 rings (SSSR count). The molecule has 0 bridgehead atoms. The Morgan fingerprint density at radius 1 is 1.40 bits per heavy atom. The fourth-order valence-corrected chi connectivity index (χ4v) is 2.70. The predicted octanol–water partition coefficient (Wildman–Crippen LogP) is 0.594. The van der Waals surface area contributed by atoms with Crippen LogP contribution in [0.15, 0.2) is 12.4 Å². The van der Waals surface area contributed by atoms with Gasteiger partial charge in [0.15, 0.2) is 5.65 Å². The minimum absolute atomic E-state index is 0.200. The zero-order valence-corrected chi connectivity index (χ0v) is 11.3. The lowest BCUT2D eigenvalue weighted by atomic mass is 10.0. The summed E-state index contributed by atoms with van der Waals surface area (Å²) < 4.78 is 1.65. The van der Waals surface area contributed by atoms with Gasteiger partial charge in [-0.15, -0.1) is 0 Å². The largest absolute Gasteiger partial charge is 0.478 e. The zero-order valence-electron chi connectivity index (χ0n) is 11.3. The van der Waals surface area contributed by atoms with Crippen LogP contribution in [0, 0.1) is 0 Å². The first-order valence-corrected chi connectivity index (χ1v) is 6.62. The van der Waals surface area contributed by atoms with E-state index in [1.54, 1.807) is 17.9 Å². The third-order valence-corrected chi connectivity index (χ3v) is 3.82. The van der Waals surface area contributed by atoms with Crippen LogP contribution in [0.25, 0.3) is 11.0 Å². The van der Waals surface area contributed by atoms with E-state index in [0.717, 1.165) is 31.3 Å². The average molecular weight is 275 g/mol. The number of nitrogens with zero attached hydrogens (tertiary/aromatic N) is 4. The maximum absolute atomic E-state index is 11.5. The molecular weight excluding hydrogens is 258 g/mol. The van der Waals surface area contributed by atoms with E-state index in [2.05, 4.69) is 15.0 Å². The van der Waals surface area contributed by atoms with Gasteiger partial charge in [0.05, 0.1) is 17.3 Å². The Balaban J connectivity index is 2.15. The highest BCUT2D eigenvalue weighted by molar-refractivity contribution is 6.03. The van der Waals surface area contributed by atoms with E-state index in [4.69, 9.17) is 5.73 Å². The molecule has 7 nitrogen and oxygen atoms in total. The Labute approximate surface area is 116 Å². The number of aryl methyl sites for hydroxylation is 1. The highest BCUT2D eigenvalue weighted by Crippen LogP contribution is 2.31. The second-order valence-electron chi connectivity index (χ2n) is 5.16. The van der Waals surface area contributed by atoms with Crippen LogP contribution in [0.4, 0.5) is 5.69 Å². The van der Waals surface area contributed by atoms with Gasteiger partial charge in [0.25, 0.3) is 0 Å². The first kappa shape index (κ1) is 12.9. The van der Waals surface area contributed by atoms with Crippen LogP contribution in [0.3, 0.4) is 0 Å². The summed E-state index contributed by atoms with van der Waals surface area (Å²) in [6.45, 7) is 1.52. The van der Waals surface area contributed by atoms with Crippen molar-refractivity contribution < 1.29 is 9.90 Å². The smallest absolute Gasteiger partial charge is 0.339 e. The number of anilines is 1. The SMILES string of the molecule is Cn1ncc2c(N3CCC(N)CC3)c(C(=O)O)cnc21. The molecule has 106 valence electrons. The summed E-state index contributed by atoms with van der Waals surface area (Å²) in [5, 5.41) is 14.4. The molecule has 0 atom stereocenters. The van der Waals surface area contributed by atoms with Gasteiger partial charge >= 0.3 is 5.97 Å². The second kappa shape index (κ2) is 4.75. The number of carboxylic acids is 1. The summed E-state index contributed by atoms with van der Waals surface area (Å²) in [7, 11) is 1.80. The molecule has 2 aromatic heterocycles. The number of hydrogen-bond donors (Lipinski definition) is 2. The Morgan fingerprint density at radius 3 is 2.75 bits per heavy atom. The fraction of sp³-hybridized carbons (Fsp3) is 0.462. The zero-order chi connectivity index (χ0) is 14.3. The van der Waals surface area contributed by atoms with Crippen molar-refractivity contribution in [2.24, 2.45) is 12.8 Å². The van der Waals surface area contributed by atoms with E-state index >= 15 is 0 Å². The molecular formula is C13H17N5O2. The molecule has 0 radical (unpaired) electrons. The van der Waals surface area contributed by atoms with Crippen LogP contribution >= 0.6 is 0 Å². The molecule has 1 aliphatic heterocycles. The van der Waals surface area contributed by atoms with Crippen molar-refractivity contribution in [3.05, 3.63) is 18.0 Å². The molecule has 1 saturated heterocycles. The maximum atomic E-state index is 11.5. The van der Waals surface area contributed by atoms with Gasteiger partial charge in [-0.1, -0.05) is 0 Å². The Hall–Kier alpha value is -2.15. The standard InChI is InChI=1S/C13H17N5O2/c1-17-12-9(7-16-17)11(10(6-15-12)13(19)20)18-4-2-8(14)3-5-18/h6-8H,2-5,14H2,1H3,(H,19,20). The predicted molar refractivity (Wildman–Crippen MR) is 74.9 cm³/mol. The number of carbonyl (C=O) groups is 1. The number of rotatable bonds is 2. The van der Waals surface area contributed by atoms with E-state index in [9.17, 15) is 9.90 Å². The van der Waals surface area contributed by atoms with Gasteiger partial charge in [0.1, 0.15) is 5.56 Å². The third kappa shape index (κ3) is 2.00. The minimum Gasteiger partial charge on any atom is -0.478 e. The molecule has 0 saturated carbocycles. The van der Waals surface area contributed by atoms with Crippen molar-refractivity contribution in [1.29, 1.82) is 0 Å². The number of carboxylic acid groups (broad SMARTS) is 1. The Bertz CT molecular complexity index is 658. The molecule has 7 heteroatoms. The molecule has 0 spiro atoms. The third-order valence-electron chi connectivity index (χ3n) is 3.82. The number of pyridine rings is 1. The van der Waals surface area contributed by atoms with Crippen LogP contribution in [-0.4, -0.2) is 45.0 Å². The van der Waals surface area contributed by atoms with E-state index in [1.807, 2.05) is 0 Å². The van der Waals surface area contributed by atoms with Gasteiger partial charge in [-0.3, -0.25) is 4.68 Å². The quantitative estimate of drug-likeness (QED) is 0.832. The van der Waals surface area contributed by atoms with E-state index in [0.29, 0.717) is 11.3 Å². The summed E-state index contributed by atoms with van der Waals surface area (Å²) in [6.07, 6.45) is 4.82. The van der Waals surface area contributed by atoms with Crippen LogP contribution in [0.2, 0.25) is 0 Å². The summed E-state index contributed by atoms with van der Waals surface area (Å²) in [5.41, 5.74) is 7.55. The molecule has 20 heavy (non-hydrogen) atoms. The molecule has 3 N–H and O–H groups in total. The van der Waals surface area contributed by atoms with Crippen LogP contribution < -0.4 is 10.6 Å². The normalized spacial score (nSPS) is 16.8. The first-order chi connectivity index (χ1) is 9.58. The summed E-state index contributed by atoms with van der Waals surface area (Å²) in [5.74, 6) is -0.965. The fourth-order valence-electron chi connectivity index (χ4n) is 2.70. The van der Waals surface area contributed by atoms with Gasteiger partial charge < -0.3 is 15.7 Å². The monoisotopic (exact) mass is 275 g/mol. The lowest BCUT2D eigenvalue weighted by Crippen LogP contribution is -2.40. The lowest BCUT2D eigenvalue weighted by molar-refractivity contribution is 0.0697. The highest BCUT2D eigenvalue weighted by Gasteiger charge is 2.24. The summed E-state index contributed by atoms with van der Waals surface area (Å²) in [4.78, 5) is 17.7. The first-order valence-electron chi connectivity index (χ1n) is 6.62. The van der Waals surface area contributed by atoms with Gasteiger partial charge in [0.2, 0.25) is 0 Å². The van der Waals surface area contributed by atoms with Gasteiger partial charge in [0, 0.05) is 32.4 Å². The van der Waals surface area contributed by atoms with Crippen LogP contribution in [-0.2, 0) is 7.05 Å². The van der Waals surface area contributed by atoms with Crippen molar-refractivity contribution in [1.82, 2.24) is 14.8 Å². The van der Waals surface area contributed by atoms with Crippen molar-refractivity contribution >= 4 is 22.7 Å². The maximum Gasteiger partial charge on any atom is 0.339 e. The van der Waals surface area contributed by atoms with Crippen molar-refractivity contribution in [3.8, 4) is 0 Å². The molecule has 0 amide bonds. The topological polar surface area (TPSA) is 97.3 Å².